The van der Waals surface area contributed by atoms with Gasteiger partial charge in [0.05, 0.1) is 0 Å². The first-order valence-corrected chi connectivity index (χ1v) is 4.55. The lowest BCUT2D eigenvalue weighted by Gasteiger charge is -2.39. The quantitative estimate of drug-likeness (QED) is 0.618. The molecule has 0 heterocycles. The molecule has 0 aromatic rings. The summed E-state index contributed by atoms with van der Waals surface area (Å²) in [5.74, 6) is 0.750. The Morgan fingerprint density at radius 3 is 2.09 bits per heavy atom. The Balaban J connectivity index is 2.86. The average molecular weight is 156 g/mol. The summed E-state index contributed by atoms with van der Waals surface area (Å²) in [5.41, 5.74) is 0.466. The van der Waals surface area contributed by atoms with Crippen LogP contribution in [0.1, 0.15) is 40.5 Å². The first-order chi connectivity index (χ1) is 4.94. The van der Waals surface area contributed by atoms with Gasteiger partial charge in [-0.1, -0.05) is 27.7 Å². The van der Waals surface area contributed by atoms with Crippen molar-refractivity contribution >= 4 is 0 Å². The van der Waals surface area contributed by atoms with Crippen LogP contribution in [0.25, 0.3) is 0 Å². The van der Waals surface area contributed by atoms with Crippen molar-refractivity contribution in [2.45, 2.75) is 40.5 Å². The van der Waals surface area contributed by atoms with Crippen molar-refractivity contribution in [2.24, 2.45) is 16.7 Å². The molecule has 1 N–H and O–H groups in total. The fraction of sp³-hybridized carbons (Fsp3) is 1.00. The second-order valence-electron chi connectivity index (χ2n) is 4.88. The second-order valence-corrected chi connectivity index (χ2v) is 4.88. The highest BCUT2D eigenvalue weighted by Gasteiger charge is 2.48. The van der Waals surface area contributed by atoms with Crippen LogP contribution in [0.5, 0.6) is 0 Å². The van der Waals surface area contributed by atoms with Gasteiger partial charge in [0.15, 0.2) is 0 Å². The van der Waals surface area contributed by atoms with Gasteiger partial charge in [0.2, 0.25) is 0 Å². The van der Waals surface area contributed by atoms with E-state index in [-0.39, 0.29) is 5.41 Å². The minimum atomic E-state index is 0.159. The molecule has 0 aromatic heterocycles. The minimum Gasteiger partial charge on any atom is -0.396 e. The van der Waals surface area contributed by atoms with Crippen LogP contribution in [0, 0.1) is 16.7 Å². The van der Waals surface area contributed by atoms with Crippen molar-refractivity contribution in [3.05, 3.63) is 0 Å². The Morgan fingerprint density at radius 1 is 1.36 bits per heavy atom. The molecule has 0 saturated heterocycles. The van der Waals surface area contributed by atoms with Gasteiger partial charge in [0.25, 0.3) is 0 Å². The molecule has 1 nitrogen and oxygen atoms in total. The fourth-order valence-electron chi connectivity index (χ4n) is 2.10. The van der Waals surface area contributed by atoms with Crippen LogP contribution in [0.3, 0.4) is 0 Å². The molecular formula is C10H20O. The van der Waals surface area contributed by atoms with Crippen LogP contribution in [-0.2, 0) is 0 Å². The van der Waals surface area contributed by atoms with Crippen molar-refractivity contribution < 1.29 is 5.11 Å². The van der Waals surface area contributed by atoms with E-state index >= 15 is 0 Å². The summed E-state index contributed by atoms with van der Waals surface area (Å²) in [6.45, 7) is 9.39. The van der Waals surface area contributed by atoms with Crippen LogP contribution in [0.2, 0.25) is 0 Å². The smallest absolute Gasteiger partial charge is 0.0489 e. The molecule has 0 aromatic carbocycles. The molecule has 0 unspecified atom stereocenters. The fourth-order valence-corrected chi connectivity index (χ4v) is 2.10. The summed E-state index contributed by atoms with van der Waals surface area (Å²) in [5, 5.41) is 9.28. The highest BCUT2D eigenvalue weighted by atomic mass is 16.3. The van der Waals surface area contributed by atoms with Gasteiger partial charge in [-0.25, -0.2) is 0 Å². The summed E-state index contributed by atoms with van der Waals surface area (Å²) < 4.78 is 0. The zero-order chi connectivity index (χ0) is 8.70. The molecule has 1 saturated carbocycles. The minimum absolute atomic E-state index is 0.159. The van der Waals surface area contributed by atoms with Crippen LogP contribution < -0.4 is 0 Å². The van der Waals surface area contributed by atoms with Gasteiger partial charge in [-0.15, -0.1) is 0 Å². The van der Waals surface area contributed by atoms with Gasteiger partial charge in [-0.3, -0.25) is 0 Å². The van der Waals surface area contributed by atoms with Crippen LogP contribution in [0.4, 0.5) is 0 Å². The highest BCUT2D eigenvalue weighted by Crippen LogP contribution is 2.55. The molecule has 66 valence electrons. The number of rotatable bonds is 1. The molecule has 1 heteroatoms. The predicted molar refractivity (Wildman–Crippen MR) is 47.4 cm³/mol. The second kappa shape index (κ2) is 2.48. The molecule has 0 radical (unpaired) electrons. The molecule has 11 heavy (non-hydrogen) atoms. The van der Waals surface area contributed by atoms with E-state index in [1.54, 1.807) is 0 Å². The predicted octanol–water partition coefficient (Wildman–Crippen LogP) is 2.44. The SMILES string of the molecule is C[C@H]1CC[C@](C)(CO)C1(C)C. The molecular weight excluding hydrogens is 136 g/mol. The number of hydrogen-bond donors (Lipinski definition) is 1. The number of aliphatic hydroxyl groups excluding tert-OH is 1. The highest BCUT2D eigenvalue weighted by molar-refractivity contribution is 4.98. The van der Waals surface area contributed by atoms with Crippen molar-refractivity contribution in [1.82, 2.24) is 0 Å². The van der Waals surface area contributed by atoms with E-state index in [9.17, 15) is 5.11 Å². The van der Waals surface area contributed by atoms with Gasteiger partial charge in [-0.05, 0) is 29.6 Å². The molecule has 0 bridgehead atoms. The summed E-state index contributed by atoms with van der Waals surface area (Å²) in [6.07, 6.45) is 2.45. The molecule has 0 aliphatic heterocycles. The summed E-state index contributed by atoms with van der Waals surface area (Å²) >= 11 is 0. The molecule has 1 aliphatic rings. The zero-order valence-corrected chi connectivity index (χ0v) is 8.15. The van der Waals surface area contributed by atoms with E-state index in [1.807, 2.05) is 0 Å². The van der Waals surface area contributed by atoms with Gasteiger partial charge in [0, 0.05) is 6.61 Å². The van der Waals surface area contributed by atoms with Crippen LogP contribution in [-0.4, -0.2) is 11.7 Å². The molecule has 0 amide bonds. The first kappa shape index (κ1) is 9.05. The average Bonchev–Trinajstić information content (AvgIpc) is 2.15. The zero-order valence-electron chi connectivity index (χ0n) is 8.15. The van der Waals surface area contributed by atoms with E-state index < -0.39 is 0 Å². The maximum absolute atomic E-state index is 9.28. The Labute approximate surface area is 69.8 Å². The van der Waals surface area contributed by atoms with Crippen molar-refractivity contribution in [1.29, 1.82) is 0 Å². The Hall–Kier alpha value is -0.0400. The Bertz CT molecular complexity index is 148. The van der Waals surface area contributed by atoms with E-state index in [0.717, 1.165) is 5.92 Å². The number of hydrogen-bond acceptors (Lipinski definition) is 1. The largest absolute Gasteiger partial charge is 0.396 e. The molecule has 1 fully saturated rings. The summed E-state index contributed by atoms with van der Waals surface area (Å²) in [4.78, 5) is 0. The topological polar surface area (TPSA) is 20.2 Å². The molecule has 2 atom stereocenters. The van der Waals surface area contributed by atoms with E-state index in [0.29, 0.717) is 12.0 Å². The third kappa shape index (κ3) is 1.10. The van der Waals surface area contributed by atoms with Crippen molar-refractivity contribution in [3.8, 4) is 0 Å². The van der Waals surface area contributed by atoms with Gasteiger partial charge < -0.3 is 5.11 Å². The van der Waals surface area contributed by atoms with Crippen molar-refractivity contribution in [3.63, 3.8) is 0 Å². The van der Waals surface area contributed by atoms with Crippen LogP contribution in [0.15, 0.2) is 0 Å². The van der Waals surface area contributed by atoms with Crippen LogP contribution >= 0.6 is 0 Å². The standard InChI is InChI=1S/C10H20O/c1-8-5-6-10(4,7-11)9(8,2)3/h8,11H,5-7H2,1-4H3/t8-,10+/m0/s1. The molecule has 1 aliphatic carbocycles. The van der Waals surface area contributed by atoms with Gasteiger partial charge >= 0.3 is 0 Å². The molecule has 0 spiro atoms. The third-order valence-corrected chi connectivity index (χ3v) is 4.27. The summed E-state index contributed by atoms with van der Waals surface area (Å²) in [7, 11) is 0. The lowest BCUT2D eigenvalue weighted by Crippen LogP contribution is -2.36. The first-order valence-electron chi connectivity index (χ1n) is 4.55. The Morgan fingerprint density at radius 2 is 1.91 bits per heavy atom. The lowest BCUT2D eigenvalue weighted by molar-refractivity contribution is 0.0298. The van der Waals surface area contributed by atoms with Gasteiger partial charge in [-0.2, -0.15) is 0 Å². The maximum atomic E-state index is 9.28. The third-order valence-electron chi connectivity index (χ3n) is 4.27. The Kier molecular flexibility index (Phi) is 2.04. The van der Waals surface area contributed by atoms with Gasteiger partial charge in [0.1, 0.15) is 0 Å². The van der Waals surface area contributed by atoms with E-state index in [4.69, 9.17) is 0 Å². The summed E-state index contributed by atoms with van der Waals surface area (Å²) in [6, 6.07) is 0. The normalized spacial score (nSPS) is 42.8. The number of aliphatic hydroxyl groups is 1. The van der Waals surface area contributed by atoms with Crippen molar-refractivity contribution in [2.75, 3.05) is 6.61 Å². The van der Waals surface area contributed by atoms with E-state index in [2.05, 4.69) is 27.7 Å². The van der Waals surface area contributed by atoms with E-state index in [1.165, 1.54) is 12.8 Å². The molecule has 1 rings (SSSR count). The monoisotopic (exact) mass is 156 g/mol. The lowest BCUT2D eigenvalue weighted by atomic mass is 9.67. The maximum Gasteiger partial charge on any atom is 0.0489 e.